The van der Waals surface area contributed by atoms with Crippen molar-refractivity contribution < 1.29 is 4.79 Å². The van der Waals surface area contributed by atoms with Gasteiger partial charge in [-0.2, -0.15) is 0 Å². The Hall–Kier alpha value is 1.21. The summed E-state index contributed by atoms with van der Waals surface area (Å²) in [5.41, 5.74) is 0. The molecule has 0 fully saturated rings. The minimum Gasteiger partial charge on any atom is -0.275 e. The monoisotopic (exact) mass is 380 g/mol. The van der Waals surface area contributed by atoms with Crippen molar-refractivity contribution in [2.75, 3.05) is 0 Å². The first kappa shape index (κ1) is 17.2. The second-order valence-corrected chi connectivity index (χ2v) is 5.29. The van der Waals surface area contributed by atoms with Crippen molar-refractivity contribution in [3.63, 3.8) is 0 Å². The Bertz CT molecular complexity index is 401. The van der Waals surface area contributed by atoms with E-state index in [-0.39, 0.29) is 24.6 Å². The quantitative estimate of drug-likeness (QED) is 0.331. The summed E-state index contributed by atoms with van der Waals surface area (Å²) >= 11 is 43.8. The van der Waals surface area contributed by atoms with Crippen LogP contribution in [0.15, 0.2) is 29.7 Å². The lowest BCUT2D eigenvalue weighted by Gasteiger charge is -2.03. The lowest BCUT2D eigenvalue weighted by Crippen LogP contribution is -1.91. The first-order valence-corrected chi connectivity index (χ1v) is 6.24. The van der Waals surface area contributed by atoms with Crippen molar-refractivity contribution in [2.24, 2.45) is 0 Å². The molecule has 0 aliphatic rings. The smallest absolute Gasteiger partial charge is 0.265 e. The van der Waals surface area contributed by atoms with E-state index >= 15 is 0 Å². The lowest BCUT2D eigenvalue weighted by atomic mass is 10.4. The zero-order valence-electron chi connectivity index (χ0n) is 6.93. The molecule has 16 heavy (non-hydrogen) atoms. The van der Waals surface area contributed by atoms with Crippen LogP contribution in [0.4, 0.5) is 0 Å². The lowest BCUT2D eigenvalue weighted by molar-refractivity contribution is -0.108. The molecule has 0 radical (unpaired) electrons. The summed E-state index contributed by atoms with van der Waals surface area (Å²) in [5.74, 6) is 0. The fraction of sp³-hybridized carbons (Fsp3) is 0. The van der Waals surface area contributed by atoms with E-state index in [1.807, 2.05) is 0 Å². The molecule has 0 heterocycles. The molecule has 0 aromatic carbocycles. The Labute approximate surface area is 131 Å². The molecule has 0 aliphatic heterocycles. The summed E-state index contributed by atoms with van der Waals surface area (Å²) in [6.45, 7) is 0. The fourth-order valence-corrected chi connectivity index (χ4v) is 1.78. The Kier molecular flexibility index (Phi) is 8.18. The van der Waals surface area contributed by atoms with E-state index in [1.54, 1.807) is 0 Å². The predicted molar refractivity (Wildman–Crippen MR) is 72.9 cm³/mol. The van der Waals surface area contributed by atoms with E-state index in [1.165, 1.54) is 0 Å². The first-order chi connectivity index (χ1) is 7.20. The molecule has 0 aromatic heterocycles. The Morgan fingerprint density at radius 2 is 0.812 bits per heavy atom. The summed E-state index contributed by atoms with van der Waals surface area (Å²) in [5, 5.41) is -2.65. The van der Waals surface area contributed by atoms with Gasteiger partial charge in [-0.3, -0.25) is 4.79 Å². The van der Waals surface area contributed by atoms with Crippen LogP contribution in [0.2, 0.25) is 0 Å². The van der Waals surface area contributed by atoms with Gasteiger partial charge in [-0.05, 0) is 11.6 Å². The standard InChI is InChI=1S/C7Cl8O/c8-1(2(9)4(11)6(13)14)3(10)5(12)7(15)16/b2-1-,5-3-. The molecule has 1 nitrogen and oxygen atoms in total. The SMILES string of the molecule is O=C(Cl)/C(Cl)=C(Cl)\C(Cl)=C(\Cl)C(Cl)=C(Cl)Cl. The van der Waals surface area contributed by atoms with E-state index in [9.17, 15) is 4.79 Å². The number of halogens is 8. The number of allylic oxidation sites excluding steroid dienone is 5. The highest BCUT2D eigenvalue weighted by Gasteiger charge is 2.17. The van der Waals surface area contributed by atoms with Crippen molar-refractivity contribution in [1.29, 1.82) is 0 Å². The summed E-state index contributed by atoms with van der Waals surface area (Å²) in [7, 11) is 0. The Morgan fingerprint density at radius 1 is 0.500 bits per heavy atom. The highest BCUT2D eigenvalue weighted by atomic mass is 35.5. The summed E-state index contributed by atoms with van der Waals surface area (Å²) in [6.07, 6.45) is 0. The van der Waals surface area contributed by atoms with Crippen LogP contribution in [0.25, 0.3) is 0 Å². The molecule has 0 unspecified atom stereocenters. The molecule has 0 saturated heterocycles. The molecule has 0 spiro atoms. The molecule has 0 aromatic rings. The van der Waals surface area contributed by atoms with Gasteiger partial charge in [0.1, 0.15) is 9.52 Å². The van der Waals surface area contributed by atoms with Crippen molar-refractivity contribution in [3.8, 4) is 0 Å². The average Bonchev–Trinajstić information content (AvgIpc) is 2.23. The molecule has 0 aliphatic carbocycles. The molecular weight excluding hydrogens is 384 g/mol. The van der Waals surface area contributed by atoms with Gasteiger partial charge in [-0.15, -0.1) is 0 Å². The number of hydrogen-bond acceptors (Lipinski definition) is 1. The van der Waals surface area contributed by atoms with Crippen LogP contribution in [-0.4, -0.2) is 5.24 Å². The van der Waals surface area contributed by atoms with E-state index in [4.69, 9.17) is 92.8 Å². The van der Waals surface area contributed by atoms with E-state index in [2.05, 4.69) is 0 Å². The average molecular weight is 384 g/mol. The molecule has 0 atom stereocenters. The molecule has 9 heteroatoms. The molecule has 0 saturated carbocycles. The Morgan fingerprint density at radius 3 is 1.12 bits per heavy atom. The van der Waals surface area contributed by atoms with Gasteiger partial charge in [0.25, 0.3) is 5.24 Å². The molecule has 0 N–H and O–H groups in total. The number of hydrogen-bond donors (Lipinski definition) is 0. The molecule has 0 bridgehead atoms. The van der Waals surface area contributed by atoms with Crippen molar-refractivity contribution in [3.05, 3.63) is 29.7 Å². The molecular formula is C7Cl8O. The zero-order chi connectivity index (χ0) is 13.0. The van der Waals surface area contributed by atoms with Gasteiger partial charge in [-0.25, -0.2) is 0 Å². The van der Waals surface area contributed by atoms with Crippen LogP contribution in [0, 0.1) is 0 Å². The van der Waals surface area contributed by atoms with Gasteiger partial charge >= 0.3 is 0 Å². The minimum atomic E-state index is -0.994. The minimum absolute atomic E-state index is 0.236. The van der Waals surface area contributed by atoms with Gasteiger partial charge in [0.15, 0.2) is 0 Å². The maximum atomic E-state index is 10.7. The van der Waals surface area contributed by atoms with Crippen molar-refractivity contribution in [1.82, 2.24) is 0 Å². The number of carbonyl (C=O) groups is 1. The zero-order valence-corrected chi connectivity index (χ0v) is 13.0. The van der Waals surface area contributed by atoms with Gasteiger partial charge in [0, 0.05) is 0 Å². The van der Waals surface area contributed by atoms with Gasteiger partial charge in [0.05, 0.1) is 20.1 Å². The van der Waals surface area contributed by atoms with Crippen molar-refractivity contribution in [2.45, 2.75) is 0 Å². The van der Waals surface area contributed by atoms with Crippen molar-refractivity contribution >= 4 is 98.0 Å². The maximum absolute atomic E-state index is 10.7. The van der Waals surface area contributed by atoms with E-state index in [0.717, 1.165) is 0 Å². The number of rotatable bonds is 3. The second-order valence-electron chi connectivity index (χ2n) is 2.10. The van der Waals surface area contributed by atoms with Gasteiger partial charge in [0.2, 0.25) is 0 Å². The highest BCUT2D eigenvalue weighted by molar-refractivity contribution is 6.75. The topological polar surface area (TPSA) is 17.1 Å². The molecule has 0 amide bonds. The largest absolute Gasteiger partial charge is 0.275 e. The normalized spacial score (nSPS) is 14.0. The molecule has 90 valence electrons. The highest BCUT2D eigenvalue weighted by Crippen LogP contribution is 2.37. The van der Waals surface area contributed by atoms with E-state index in [0.29, 0.717) is 0 Å². The summed E-state index contributed by atoms with van der Waals surface area (Å²) in [6, 6.07) is 0. The van der Waals surface area contributed by atoms with Crippen LogP contribution in [0.5, 0.6) is 0 Å². The van der Waals surface area contributed by atoms with Crippen LogP contribution in [0.3, 0.4) is 0 Å². The van der Waals surface area contributed by atoms with Gasteiger partial charge in [-0.1, -0.05) is 81.2 Å². The maximum Gasteiger partial charge on any atom is 0.265 e. The predicted octanol–water partition coefficient (Wildman–Crippen LogP) is 6.02. The summed E-state index contributed by atoms with van der Waals surface area (Å²) < 4.78 is -0.317. The van der Waals surface area contributed by atoms with Crippen LogP contribution < -0.4 is 0 Å². The van der Waals surface area contributed by atoms with E-state index < -0.39 is 10.3 Å². The summed E-state index contributed by atoms with van der Waals surface area (Å²) in [4.78, 5) is 10.7. The van der Waals surface area contributed by atoms with Crippen LogP contribution in [0.1, 0.15) is 0 Å². The third-order valence-corrected chi connectivity index (χ3v) is 4.23. The molecule has 0 rings (SSSR count). The fourth-order valence-electron chi connectivity index (χ4n) is 0.458. The second kappa shape index (κ2) is 7.60. The van der Waals surface area contributed by atoms with Gasteiger partial charge < -0.3 is 0 Å². The van der Waals surface area contributed by atoms with Crippen LogP contribution in [-0.2, 0) is 4.79 Å². The third kappa shape index (κ3) is 4.83. The van der Waals surface area contributed by atoms with Crippen LogP contribution >= 0.6 is 92.8 Å². The number of carbonyl (C=O) groups excluding carboxylic acids is 1. The Balaban J connectivity index is 5.61. The third-order valence-electron chi connectivity index (χ3n) is 1.11. The first-order valence-electron chi connectivity index (χ1n) is 3.22.